The number of fused-ring (bicyclic) bond motifs is 1. The molecule has 0 bridgehead atoms. The summed E-state index contributed by atoms with van der Waals surface area (Å²) in [5.41, 5.74) is 3.12. The van der Waals surface area contributed by atoms with Crippen LogP contribution in [0.4, 0.5) is 0 Å². The molecule has 30 heavy (non-hydrogen) atoms. The Balaban J connectivity index is 1.45. The Morgan fingerprint density at radius 1 is 1.20 bits per heavy atom. The molecule has 1 aliphatic rings. The summed E-state index contributed by atoms with van der Waals surface area (Å²) in [7, 11) is 3.47. The Bertz CT molecular complexity index is 1110. The third kappa shape index (κ3) is 3.60. The summed E-state index contributed by atoms with van der Waals surface area (Å²) in [5.74, 6) is 0.727. The molecule has 0 saturated carbocycles. The molecule has 3 aromatic rings. The van der Waals surface area contributed by atoms with Gasteiger partial charge in [0.1, 0.15) is 11.8 Å². The lowest BCUT2D eigenvalue weighted by atomic mass is 10.1. The number of carbonyl (C=O) groups excluding carboxylic acids is 1. The summed E-state index contributed by atoms with van der Waals surface area (Å²) >= 11 is 0. The highest BCUT2D eigenvalue weighted by Crippen LogP contribution is 2.24. The minimum atomic E-state index is -0.343. The Hall–Kier alpha value is -3.44. The number of benzene rings is 1. The summed E-state index contributed by atoms with van der Waals surface area (Å²) < 4.78 is 6.92. The van der Waals surface area contributed by atoms with Gasteiger partial charge in [0.2, 0.25) is 0 Å². The van der Waals surface area contributed by atoms with Gasteiger partial charge in [0.15, 0.2) is 5.65 Å². The Morgan fingerprint density at radius 3 is 2.53 bits per heavy atom. The summed E-state index contributed by atoms with van der Waals surface area (Å²) in [6.45, 7) is 4.32. The van der Waals surface area contributed by atoms with Crippen LogP contribution in [0.2, 0.25) is 0 Å². The molecule has 3 heterocycles. The van der Waals surface area contributed by atoms with E-state index < -0.39 is 0 Å². The lowest BCUT2D eigenvalue weighted by Crippen LogP contribution is -2.49. The first-order valence-electron chi connectivity index (χ1n) is 9.88. The van der Waals surface area contributed by atoms with E-state index >= 15 is 0 Å². The van der Waals surface area contributed by atoms with Gasteiger partial charge in [-0.15, -0.1) is 0 Å². The van der Waals surface area contributed by atoms with E-state index in [1.54, 1.807) is 18.0 Å². The number of rotatable bonds is 4. The monoisotopic (exact) mass is 404 g/mol. The molecule has 1 unspecified atom stereocenters. The van der Waals surface area contributed by atoms with Crippen molar-refractivity contribution in [2.75, 3.05) is 33.3 Å². The fourth-order valence-corrected chi connectivity index (χ4v) is 3.94. The molecule has 2 aromatic heterocycles. The van der Waals surface area contributed by atoms with E-state index in [0.717, 1.165) is 28.0 Å². The average molecular weight is 404 g/mol. The van der Waals surface area contributed by atoms with Crippen LogP contribution in [0.1, 0.15) is 27.7 Å². The van der Waals surface area contributed by atoms with Crippen molar-refractivity contribution >= 4 is 16.9 Å². The molecule has 1 aliphatic heterocycles. The highest BCUT2D eigenvalue weighted by atomic mass is 16.5. The first-order chi connectivity index (χ1) is 14.5. The third-order valence-electron chi connectivity index (χ3n) is 5.63. The van der Waals surface area contributed by atoms with Crippen LogP contribution < -0.4 is 4.74 Å². The van der Waals surface area contributed by atoms with Crippen LogP contribution in [0.15, 0.2) is 36.5 Å². The zero-order valence-electron chi connectivity index (χ0n) is 17.4. The van der Waals surface area contributed by atoms with Gasteiger partial charge in [0.25, 0.3) is 5.91 Å². The van der Waals surface area contributed by atoms with Crippen molar-refractivity contribution < 1.29 is 9.53 Å². The second kappa shape index (κ2) is 8.13. The van der Waals surface area contributed by atoms with E-state index in [1.165, 1.54) is 0 Å². The van der Waals surface area contributed by atoms with Gasteiger partial charge in [-0.05, 0) is 30.7 Å². The number of hydrogen-bond donors (Lipinski definition) is 0. The second-order valence-electron chi connectivity index (χ2n) is 7.44. The molecule has 8 heteroatoms. The van der Waals surface area contributed by atoms with E-state index in [-0.39, 0.29) is 11.9 Å². The highest BCUT2D eigenvalue weighted by molar-refractivity contribution is 5.97. The SMILES string of the molecule is COc1ccc(C(C#N)N2CCN(C(=O)c3cnc4c(c3)c(C)nn4C)CC2)cc1. The Labute approximate surface area is 175 Å². The Kier molecular flexibility index (Phi) is 5.38. The normalized spacial score (nSPS) is 15.7. The molecular formula is C22H24N6O2. The third-order valence-corrected chi connectivity index (χ3v) is 5.63. The number of piperazine rings is 1. The average Bonchev–Trinajstić information content (AvgIpc) is 3.07. The lowest BCUT2D eigenvalue weighted by molar-refractivity contribution is 0.0606. The summed E-state index contributed by atoms with van der Waals surface area (Å²) in [6, 6.07) is 11.5. The summed E-state index contributed by atoms with van der Waals surface area (Å²) in [6.07, 6.45) is 1.62. The summed E-state index contributed by atoms with van der Waals surface area (Å²) in [5, 5.41) is 15.0. The van der Waals surface area contributed by atoms with Crippen molar-refractivity contribution in [1.82, 2.24) is 24.6 Å². The zero-order valence-corrected chi connectivity index (χ0v) is 17.4. The van der Waals surface area contributed by atoms with Crippen molar-refractivity contribution in [3.05, 3.63) is 53.3 Å². The minimum absolute atomic E-state index is 0.0368. The largest absolute Gasteiger partial charge is 0.497 e. The number of ether oxygens (including phenoxy) is 1. The van der Waals surface area contributed by atoms with E-state index in [4.69, 9.17) is 4.74 Å². The molecule has 1 atom stereocenters. The number of aryl methyl sites for hydroxylation is 2. The number of hydrogen-bond acceptors (Lipinski definition) is 6. The molecule has 0 radical (unpaired) electrons. The molecule has 8 nitrogen and oxygen atoms in total. The van der Waals surface area contributed by atoms with E-state index in [0.29, 0.717) is 31.7 Å². The maximum absolute atomic E-state index is 13.0. The standard InChI is InChI=1S/C22H24N6O2/c1-15-19-12-17(14-24-21(19)26(2)25-15)22(29)28-10-8-27(9-11-28)20(13-23)16-4-6-18(30-3)7-5-16/h4-7,12,14,20H,8-11H2,1-3H3. The van der Waals surface area contributed by atoms with Crippen LogP contribution in [0.25, 0.3) is 11.0 Å². The molecular weight excluding hydrogens is 380 g/mol. The maximum Gasteiger partial charge on any atom is 0.255 e. The Morgan fingerprint density at radius 2 is 1.90 bits per heavy atom. The number of nitrogens with zero attached hydrogens (tertiary/aromatic N) is 6. The first-order valence-corrected chi connectivity index (χ1v) is 9.88. The fraction of sp³-hybridized carbons (Fsp3) is 0.364. The molecule has 0 spiro atoms. The maximum atomic E-state index is 13.0. The number of methoxy groups -OCH3 is 1. The molecule has 1 aromatic carbocycles. The first kappa shape index (κ1) is 19.9. The van der Waals surface area contributed by atoms with Gasteiger partial charge < -0.3 is 9.64 Å². The van der Waals surface area contributed by atoms with Crippen LogP contribution >= 0.6 is 0 Å². The van der Waals surface area contributed by atoms with Crippen molar-refractivity contribution in [3.63, 3.8) is 0 Å². The van der Waals surface area contributed by atoms with Gasteiger partial charge in [0, 0.05) is 44.8 Å². The van der Waals surface area contributed by atoms with Gasteiger partial charge in [-0.3, -0.25) is 14.4 Å². The van der Waals surface area contributed by atoms with Crippen LogP contribution in [0, 0.1) is 18.3 Å². The van der Waals surface area contributed by atoms with Crippen LogP contribution in [0.3, 0.4) is 0 Å². The minimum Gasteiger partial charge on any atom is -0.497 e. The van der Waals surface area contributed by atoms with Crippen molar-refractivity contribution in [2.45, 2.75) is 13.0 Å². The molecule has 4 rings (SSSR count). The fourth-order valence-electron chi connectivity index (χ4n) is 3.94. The van der Waals surface area contributed by atoms with Crippen molar-refractivity contribution in [3.8, 4) is 11.8 Å². The molecule has 0 N–H and O–H groups in total. The quantitative estimate of drug-likeness (QED) is 0.663. The van der Waals surface area contributed by atoms with Crippen molar-refractivity contribution in [1.29, 1.82) is 5.26 Å². The number of aromatic nitrogens is 3. The smallest absolute Gasteiger partial charge is 0.255 e. The van der Waals surface area contributed by atoms with Gasteiger partial charge in [-0.1, -0.05) is 12.1 Å². The highest BCUT2D eigenvalue weighted by Gasteiger charge is 2.28. The van der Waals surface area contributed by atoms with Gasteiger partial charge in [-0.2, -0.15) is 10.4 Å². The van der Waals surface area contributed by atoms with Crippen LogP contribution in [-0.2, 0) is 7.05 Å². The van der Waals surface area contributed by atoms with E-state index in [2.05, 4.69) is 21.1 Å². The predicted molar refractivity (Wildman–Crippen MR) is 112 cm³/mol. The van der Waals surface area contributed by atoms with Crippen LogP contribution in [0.5, 0.6) is 5.75 Å². The van der Waals surface area contributed by atoms with Crippen molar-refractivity contribution in [2.24, 2.45) is 7.05 Å². The van der Waals surface area contributed by atoms with Crippen LogP contribution in [-0.4, -0.2) is 63.8 Å². The zero-order chi connectivity index (χ0) is 21.3. The van der Waals surface area contributed by atoms with Gasteiger partial charge >= 0.3 is 0 Å². The number of nitriles is 1. The molecule has 1 amide bonds. The molecule has 1 fully saturated rings. The van der Waals surface area contributed by atoms with Gasteiger partial charge in [-0.25, -0.2) is 4.98 Å². The van der Waals surface area contributed by atoms with E-state index in [9.17, 15) is 10.1 Å². The summed E-state index contributed by atoms with van der Waals surface area (Å²) in [4.78, 5) is 21.4. The van der Waals surface area contributed by atoms with Gasteiger partial charge in [0.05, 0.1) is 24.4 Å². The lowest BCUT2D eigenvalue weighted by Gasteiger charge is -2.37. The predicted octanol–water partition coefficient (Wildman–Crippen LogP) is 2.31. The molecule has 154 valence electrons. The molecule has 1 saturated heterocycles. The number of pyridine rings is 1. The molecule has 0 aliphatic carbocycles. The second-order valence-corrected chi connectivity index (χ2v) is 7.44. The topological polar surface area (TPSA) is 87.3 Å². The van der Waals surface area contributed by atoms with E-state index in [1.807, 2.05) is 49.2 Å². The number of amides is 1. The number of carbonyl (C=O) groups is 1.